The van der Waals surface area contributed by atoms with Gasteiger partial charge in [0.05, 0.1) is 0 Å². The molecular formula is C16H12Br2FN3OS. The number of nitrogens with zero attached hydrogens (tertiary/aromatic N) is 2. The molecule has 124 valence electrons. The van der Waals surface area contributed by atoms with Crippen molar-refractivity contribution in [3.63, 3.8) is 0 Å². The maximum atomic E-state index is 14.0. The Kier molecular flexibility index (Phi) is 5.57. The lowest BCUT2D eigenvalue weighted by Crippen LogP contribution is -2.07. The van der Waals surface area contributed by atoms with Crippen LogP contribution >= 0.6 is 43.2 Å². The Hall–Kier alpha value is -1.38. The Morgan fingerprint density at radius 2 is 2.12 bits per heavy atom. The Morgan fingerprint density at radius 1 is 1.29 bits per heavy atom. The summed E-state index contributed by atoms with van der Waals surface area (Å²) >= 11 is 8.08. The maximum Gasteiger partial charge on any atom is 0.250 e. The molecule has 1 saturated carbocycles. The van der Waals surface area contributed by atoms with Crippen LogP contribution in [0, 0.1) is 5.92 Å². The average Bonchev–Trinajstić information content (AvgIpc) is 2.95. The molecule has 0 spiro atoms. The molecule has 1 amide bonds. The van der Waals surface area contributed by atoms with Gasteiger partial charge in [-0.3, -0.25) is 10.1 Å². The Bertz CT molecular complexity index is 795. The smallest absolute Gasteiger partial charge is 0.250 e. The molecule has 3 unspecified atom stereocenters. The van der Waals surface area contributed by atoms with Gasteiger partial charge < -0.3 is 0 Å². The topological polar surface area (TPSA) is 54.9 Å². The molecule has 3 atom stereocenters. The molecule has 1 aromatic carbocycles. The highest BCUT2D eigenvalue weighted by Gasteiger charge is 2.50. The van der Waals surface area contributed by atoms with E-state index in [2.05, 4.69) is 47.4 Å². The maximum absolute atomic E-state index is 14.0. The Balaban J connectivity index is 1.54. The molecule has 1 fully saturated rings. The van der Waals surface area contributed by atoms with Crippen molar-refractivity contribution in [1.82, 2.24) is 10.2 Å². The van der Waals surface area contributed by atoms with Crippen molar-refractivity contribution < 1.29 is 9.18 Å². The summed E-state index contributed by atoms with van der Waals surface area (Å²) in [7, 11) is 0. The van der Waals surface area contributed by atoms with Crippen molar-refractivity contribution in [3.05, 3.63) is 62.5 Å². The van der Waals surface area contributed by atoms with Gasteiger partial charge in [-0.05, 0) is 49.6 Å². The number of aromatic nitrogens is 2. The Labute approximate surface area is 159 Å². The standard InChI is InChI=1S/C16H12Br2FN3OS/c17-11-6-5-9(7-12(11)18)14-10(15(14)19)3-1-2-4-13(23)21-16-22-20-8-24-16/h1-8,10,14-15H,(H,21,22,23)/b3-1+,4-2+. The number of anilines is 1. The first-order valence-electron chi connectivity index (χ1n) is 7.07. The minimum Gasteiger partial charge on any atom is -0.297 e. The van der Waals surface area contributed by atoms with Gasteiger partial charge in [-0.25, -0.2) is 4.39 Å². The molecule has 1 aliphatic carbocycles. The van der Waals surface area contributed by atoms with Crippen LogP contribution in [0.25, 0.3) is 0 Å². The molecule has 24 heavy (non-hydrogen) atoms. The van der Waals surface area contributed by atoms with Gasteiger partial charge in [-0.1, -0.05) is 35.6 Å². The monoisotopic (exact) mass is 471 g/mol. The highest BCUT2D eigenvalue weighted by Crippen LogP contribution is 2.51. The number of amides is 1. The van der Waals surface area contributed by atoms with Crippen molar-refractivity contribution in [1.29, 1.82) is 0 Å². The van der Waals surface area contributed by atoms with E-state index in [4.69, 9.17) is 0 Å². The first-order valence-corrected chi connectivity index (χ1v) is 9.54. The Morgan fingerprint density at radius 3 is 2.83 bits per heavy atom. The second-order valence-corrected chi connectivity index (χ2v) is 7.74. The summed E-state index contributed by atoms with van der Waals surface area (Å²) in [6, 6.07) is 5.76. The summed E-state index contributed by atoms with van der Waals surface area (Å²) in [6.45, 7) is 0. The van der Waals surface area contributed by atoms with Crippen LogP contribution in [0.1, 0.15) is 11.5 Å². The predicted octanol–water partition coefficient (Wildman–Crippen LogP) is 4.87. The molecule has 1 aromatic heterocycles. The van der Waals surface area contributed by atoms with Crippen molar-refractivity contribution in [2.45, 2.75) is 12.1 Å². The number of benzene rings is 1. The summed E-state index contributed by atoms with van der Waals surface area (Å²) in [4.78, 5) is 11.6. The third kappa shape index (κ3) is 4.17. The lowest BCUT2D eigenvalue weighted by atomic mass is 10.1. The van der Waals surface area contributed by atoms with Crippen LogP contribution in [-0.4, -0.2) is 22.3 Å². The van der Waals surface area contributed by atoms with Gasteiger partial charge >= 0.3 is 0 Å². The second kappa shape index (κ2) is 7.67. The van der Waals surface area contributed by atoms with E-state index in [1.807, 2.05) is 18.2 Å². The number of allylic oxidation sites excluding steroid dienone is 3. The number of halogens is 3. The molecule has 2 aromatic rings. The van der Waals surface area contributed by atoms with E-state index >= 15 is 0 Å². The van der Waals surface area contributed by atoms with E-state index < -0.39 is 6.17 Å². The zero-order valence-electron chi connectivity index (χ0n) is 12.2. The number of rotatable bonds is 5. The molecule has 0 aliphatic heterocycles. The fourth-order valence-corrected chi connectivity index (χ4v) is 3.45. The molecule has 0 saturated heterocycles. The van der Waals surface area contributed by atoms with Crippen molar-refractivity contribution in [2.24, 2.45) is 5.92 Å². The number of carbonyl (C=O) groups is 1. The molecule has 4 nitrogen and oxygen atoms in total. The third-order valence-electron chi connectivity index (χ3n) is 3.60. The lowest BCUT2D eigenvalue weighted by molar-refractivity contribution is -0.111. The fourth-order valence-electron chi connectivity index (χ4n) is 2.36. The summed E-state index contributed by atoms with van der Waals surface area (Å²) in [5.74, 6) is -0.583. The number of nitrogens with one attached hydrogen (secondary N) is 1. The van der Waals surface area contributed by atoms with Crippen molar-refractivity contribution >= 4 is 54.2 Å². The highest BCUT2D eigenvalue weighted by molar-refractivity contribution is 9.13. The summed E-state index contributed by atoms with van der Waals surface area (Å²) in [6.07, 6.45) is 5.57. The highest BCUT2D eigenvalue weighted by atomic mass is 79.9. The molecule has 3 rings (SSSR count). The quantitative estimate of drug-likeness (QED) is 0.499. The molecule has 0 radical (unpaired) electrons. The van der Waals surface area contributed by atoms with Gasteiger partial charge in [0, 0.05) is 26.9 Å². The number of alkyl halides is 1. The van der Waals surface area contributed by atoms with E-state index in [1.165, 1.54) is 22.9 Å². The van der Waals surface area contributed by atoms with Crippen LogP contribution in [0.4, 0.5) is 9.52 Å². The van der Waals surface area contributed by atoms with E-state index in [-0.39, 0.29) is 17.7 Å². The van der Waals surface area contributed by atoms with E-state index in [0.29, 0.717) is 5.13 Å². The van der Waals surface area contributed by atoms with Crippen LogP contribution in [0.2, 0.25) is 0 Å². The van der Waals surface area contributed by atoms with E-state index in [9.17, 15) is 9.18 Å². The SMILES string of the molecule is O=C(/C=C/C=C/C1C(F)C1c1ccc(Br)c(Br)c1)Nc1nncs1. The zero-order chi connectivity index (χ0) is 17.1. The van der Waals surface area contributed by atoms with E-state index in [1.54, 1.807) is 18.2 Å². The first-order chi connectivity index (χ1) is 11.6. The van der Waals surface area contributed by atoms with Crippen LogP contribution in [0.15, 0.2) is 57.0 Å². The second-order valence-electron chi connectivity index (χ2n) is 5.20. The van der Waals surface area contributed by atoms with Crippen molar-refractivity contribution in [3.8, 4) is 0 Å². The van der Waals surface area contributed by atoms with Gasteiger partial charge in [0.25, 0.3) is 0 Å². The number of hydrogen-bond donors (Lipinski definition) is 1. The summed E-state index contributed by atoms with van der Waals surface area (Å²) in [5.41, 5.74) is 2.50. The zero-order valence-corrected chi connectivity index (χ0v) is 16.2. The number of carbonyl (C=O) groups excluding carboxylic acids is 1. The summed E-state index contributed by atoms with van der Waals surface area (Å²) in [5, 5.41) is 10.4. The molecule has 8 heteroatoms. The third-order valence-corrected chi connectivity index (χ3v) is 6.08. The molecular weight excluding hydrogens is 461 g/mol. The van der Waals surface area contributed by atoms with Crippen LogP contribution in [-0.2, 0) is 4.79 Å². The van der Waals surface area contributed by atoms with Crippen LogP contribution < -0.4 is 5.32 Å². The van der Waals surface area contributed by atoms with Gasteiger partial charge in [-0.2, -0.15) is 0 Å². The largest absolute Gasteiger partial charge is 0.297 e. The molecule has 1 heterocycles. The minimum absolute atomic E-state index is 0.130. The van der Waals surface area contributed by atoms with Crippen LogP contribution in [0.3, 0.4) is 0 Å². The minimum atomic E-state index is -0.891. The van der Waals surface area contributed by atoms with Gasteiger partial charge in [-0.15, -0.1) is 10.2 Å². The van der Waals surface area contributed by atoms with Crippen molar-refractivity contribution in [2.75, 3.05) is 5.32 Å². The van der Waals surface area contributed by atoms with Crippen LogP contribution in [0.5, 0.6) is 0 Å². The first kappa shape index (κ1) is 17.4. The van der Waals surface area contributed by atoms with E-state index in [0.717, 1.165) is 14.5 Å². The van der Waals surface area contributed by atoms with Gasteiger partial charge in [0.15, 0.2) is 0 Å². The number of hydrogen-bond acceptors (Lipinski definition) is 4. The molecule has 0 bridgehead atoms. The van der Waals surface area contributed by atoms with Gasteiger partial charge in [0.1, 0.15) is 11.7 Å². The predicted molar refractivity (Wildman–Crippen MR) is 99.8 cm³/mol. The average molecular weight is 473 g/mol. The normalized spacial score (nSPS) is 23.0. The molecule has 1 aliphatic rings. The lowest BCUT2D eigenvalue weighted by Gasteiger charge is -2.01. The fraction of sp³-hybridized carbons (Fsp3) is 0.188. The van der Waals surface area contributed by atoms with Gasteiger partial charge in [0.2, 0.25) is 11.0 Å². The molecule has 1 N–H and O–H groups in total. The summed E-state index contributed by atoms with van der Waals surface area (Å²) < 4.78 is 15.9.